The largest absolute Gasteiger partial charge is 0.358 e. The van der Waals surface area contributed by atoms with E-state index in [1.807, 2.05) is 6.92 Å². The lowest BCUT2D eigenvalue weighted by Gasteiger charge is -2.08. The minimum absolute atomic E-state index is 0.0276. The van der Waals surface area contributed by atoms with Crippen LogP contribution >= 0.6 is 27.3 Å². The molecule has 2 aromatic heterocycles. The van der Waals surface area contributed by atoms with Crippen LogP contribution in [0.5, 0.6) is 0 Å². The Labute approximate surface area is 139 Å². The molecule has 112 valence electrons. The van der Waals surface area contributed by atoms with Crippen LogP contribution in [-0.4, -0.2) is 18.4 Å². The van der Waals surface area contributed by atoms with E-state index in [1.165, 1.54) is 0 Å². The lowest BCUT2D eigenvalue weighted by atomic mass is 10.1. The fraction of sp³-hybridized carbons (Fsp3) is 0.0769. The number of halogens is 1. The Bertz CT molecular complexity index is 1010. The fourth-order valence-electron chi connectivity index (χ4n) is 2.14. The lowest BCUT2D eigenvalue weighted by Crippen LogP contribution is -2.13. The first-order valence-corrected chi connectivity index (χ1v) is 9.22. The molecule has 22 heavy (non-hydrogen) atoms. The Kier molecular flexibility index (Phi) is 3.68. The third-order valence-electron chi connectivity index (χ3n) is 3.09. The number of nitrogens with one attached hydrogen (secondary N) is 2. The Morgan fingerprint density at radius 2 is 2.23 bits per heavy atom. The fourth-order valence-corrected chi connectivity index (χ4v) is 4.78. The molecule has 0 radical (unpaired) electrons. The van der Waals surface area contributed by atoms with Crippen LogP contribution in [0.3, 0.4) is 0 Å². The molecule has 2 N–H and O–H groups in total. The number of aryl methyl sites for hydroxylation is 1. The number of nitriles is 1. The van der Waals surface area contributed by atoms with E-state index in [0.717, 1.165) is 16.9 Å². The molecule has 0 bridgehead atoms. The molecule has 3 aromatic rings. The molecule has 0 saturated carbocycles. The van der Waals surface area contributed by atoms with E-state index >= 15 is 0 Å². The lowest BCUT2D eigenvalue weighted by molar-refractivity contribution is 0.600. The first kappa shape index (κ1) is 15.0. The van der Waals surface area contributed by atoms with Gasteiger partial charge in [-0.3, -0.25) is 4.72 Å². The van der Waals surface area contributed by atoms with Gasteiger partial charge in [0.2, 0.25) is 4.34 Å². The number of hydrogen-bond acceptors (Lipinski definition) is 5. The monoisotopic (exact) mass is 396 g/mol. The number of aromatic amines is 1. The molecule has 0 amide bonds. The highest BCUT2D eigenvalue weighted by molar-refractivity contribution is 9.10. The van der Waals surface area contributed by atoms with Gasteiger partial charge in [0.15, 0.2) is 0 Å². The van der Waals surface area contributed by atoms with Gasteiger partial charge in [0.05, 0.1) is 16.8 Å². The molecule has 0 aliphatic heterocycles. The zero-order valence-electron chi connectivity index (χ0n) is 11.2. The predicted molar refractivity (Wildman–Crippen MR) is 88.4 cm³/mol. The molecule has 1 aromatic carbocycles. The molecule has 2 heterocycles. The number of thiazole rings is 1. The van der Waals surface area contributed by atoms with Crippen molar-refractivity contribution >= 4 is 53.9 Å². The van der Waals surface area contributed by atoms with E-state index in [0.29, 0.717) is 26.8 Å². The maximum atomic E-state index is 12.4. The summed E-state index contributed by atoms with van der Waals surface area (Å²) in [6, 6.07) is 5.52. The van der Waals surface area contributed by atoms with E-state index in [4.69, 9.17) is 5.26 Å². The second-order valence-electron chi connectivity index (χ2n) is 4.54. The smallest absolute Gasteiger partial charge is 0.289 e. The van der Waals surface area contributed by atoms with Crippen molar-refractivity contribution in [3.8, 4) is 6.07 Å². The first-order chi connectivity index (χ1) is 10.4. The number of aromatic nitrogens is 2. The van der Waals surface area contributed by atoms with E-state index < -0.39 is 10.0 Å². The van der Waals surface area contributed by atoms with Crippen LogP contribution in [0.15, 0.2) is 32.7 Å². The van der Waals surface area contributed by atoms with E-state index in [2.05, 4.69) is 36.7 Å². The second kappa shape index (κ2) is 5.39. The Balaban J connectivity index is 2.11. The number of anilines is 1. The molecule has 0 fully saturated rings. The maximum absolute atomic E-state index is 12.4. The van der Waals surface area contributed by atoms with Gasteiger partial charge in [-0.05, 0) is 34.5 Å². The van der Waals surface area contributed by atoms with E-state index in [1.54, 1.807) is 23.7 Å². The topological polar surface area (TPSA) is 98.6 Å². The van der Waals surface area contributed by atoms with Gasteiger partial charge in [-0.25, -0.2) is 4.98 Å². The second-order valence-corrected chi connectivity index (χ2v) is 8.06. The van der Waals surface area contributed by atoms with Crippen molar-refractivity contribution in [2.45, 2.75) is 11.3 Å². The highest BCUT2D eigenvalue weighted by atomic mass is 79.9. The highest BCUT2D eigenvalue weighted by Crippen LogP contribution is 2.30. The van der Waals surface area contributed by atoms with E-state index in [9.17, 15) is 8.42 Å². The summed E-state index contributed by atoms with van der Waals surface area (Å²) in [5.41, 5.74) is 2.34. The van der Waals surface area contributed by atoms with Crippen molar-refractivity contribution in [2.24, 2.45) is 0 Å². The van der Waals surface area contributed by atoms with Gasteiger partial charge >= 0.3 is 0 Å². The van der Waals surface area contributed by atoms with Crippen LogP contribution in [0.4, 0.5) is 5.69 Å². The molecule has 0 atom stereocenters. The summed E-state index contributed by atoms with van der Waals surface area (Å²) in [6.07, 6.45) is 1.56. The van der Waals surface area contributed by atoms with Crippen LogP contribution in [0.2, 0.25) is 0 Å². The summed E-state index contributed by atoms with van der Waals surface area (Å²) in [4.78, 5) is 6.87. The molecule has 0 aliphatic rings. The Hall–Kier alpha value is -1.89. The highest BCUT2D eigenvalue weighted by Gasteiger charge is 2.20. The van der Waals surface area contributed by atoms with Crippen molar-refractivity contribution < 1.29 is 8.42 Å². The molecule has 9 heteroatoms. The number of rotatable bonds is 3. The molecule has 3 rings (SSSR count). The maximum Gasteiger partial charge on any atom is 0.289 e. The summed E-state index contributed by atoms with van der Waals surface area (Å²) in [5.74, 6) is 0. The minimum Gasteiger partial charge on any atom is -0.358 e. The molecule has 0 spiro atoms. The Morgan fingerprint density at radius 3 is 2.86 bits per heavy atom. The number of sulfonamides is 1. The summed E-state index contributed by atoms with van der Waals surface area (Å²) in [5, 5.41) is 11.4. The van der Waals surface area contributed by atoms with Crippen LogP contribution in [-0.2, 0) is 10.0 Å². The summed E-state index contributed by atoms with van der Waals surface area (Å²) >= 11 is 4.16. The summed E-state index contributed by atoms with van der Waals surface area (Å²) < 4.78 is 27.7. The zero-order chi connectivity index (χ0) is 15.9. The van der Waals surface area contributed by atoms with Gasteiger partial charge in [0.25, 0.3) is 10.0 Å². The first-order valence-electron chi connectivity index (χ1n) is 6.07. The van der Waals surface area contributed by atoms with E-state index in [-0.39, 0.29) is 4.34 Å². The molecule has 0 unspecified atom stereocenters. The SMILES string of the molecule is Cc1ccc(NS(=O)(=O)c2nc(Br)cs2)c2[nH]cc(C#N)c12. The van der Waals surface area contributed by atoms with Gasteiger partial charge < -0.3 is 4.98 Å². The van der Waals surface area contributed by atoms with Gasteiger partial charge in [-0.1, -0.05) is 6.07 Å². The van der Waals surface area contributed by atoms with Crippen LogP contribution < -0.4 is 4.72 Å². The Morgan fingerprint density at radius 1 is 1.45 bits per heavy atom. The quantitative estimate of drug-likeness (QED) is 0.708. The van der Waals surface area contributed by atoms with Gasteiger partial charge in [-0.15, -0.1) is 11.3 Å². The van der Waals surface area contributed by atoms with Crippen molar-refractivity contribution in [3.63, 3.8) is 0 Å². The third-order valence-corrected chi connectivity index (χ3v) is 6.42. The average Bonchev–Trinajstić information content (AvgIpc) is 3.08. The van der Waals surface area contributed by atoms with Crippen molar-refractivity contribution in [1.29, 1.82) is 5.26 Å². The van der Waals surface area contributed by atoms with Crippen LogP contribution in [0.25, 0.3) is 10.9 Å². The average molecular weight is 397 g/mol. The zero-order valence-corrected chi connectivity index (χ0v) is 14.4. The molecule has 0 aliphatic carbocycles. The van der Waals surface area contributed by atoms with Crippen LogP contribution in [0, 0.1) is 18.3 Å². The van der Waals surface area contributed by atoms with Gasteiger partial charge in [0.1, 0.15) is 10.7 Å². The van der Waals surface area contributed by atoms with Crippen molar-refractivity contribution in [2.75, 3.05) is 4.72 Å². The van der Waals surface area contributed by atoms with Gasteiger partial charge in [-0.2, -0.15) is 13.7 Å². The van der Waals surface area contributed by atoms with Crippen molar-refractivity contribution in [1.82, 2.24) is 9.97 Å². The standard InChI is InChI=1S/C13H9BrN4O2S2/c1-7-2-3-9(12-11(7)8(4-15)5-16-12)18-22(19,20)13-17-10(14)6-21-13/h2-3,5-6,16,18H,1H3. The number of benzene rings is 1. The molecular formula is C13H9BrN4O2S2. The summed E-state index contributed by atoms with van der Waals surface area (Å²) in [6.45, 7) is 1.87. The number of hydrogen-bond donors (Lipinski definition) is 2. The molecular weight excluding hydrogens is 388 g/mol. The number of fused-ring (bicyclic) bond motifs is 1. The number of nitrogens with zero attached hydrogens (tertiary/aromatic N) is 2. The van der Waals surface area contributed by atoms with Gasteiger partial charge in [0, 0.05) is 17.0 Å². The normalized spacial score (nSPS) is 11.5. The number of H-pyrrole nitrogens is 1. The molecule has 6 nitrogen and oxygen atoms in total. The summed E-state index contributed by atoms with van der Waals surface area (Å²) in [7, 11) is -3.77. The van der Waals surface area contributed by atoms with Crippen LogP contribution in [0.1, 0.15) is 11.1 Å². The predicted octanol–water partition coefficient (Wildman–Crippen LogP) is 3.37. The van der Waals surface area contributed by atoms with Crippen molar-refractivity contribution in [3.05, 3.63) is 39.4 Å². The minimum atomic E-state index is -3.77. The molecule has 0 saturated heterocycles. The third kappa shape index (κ3) is 2.49.